The van der Waals surface area contributed by atoms with E-state index >= 15 is 0 Å². The van der Waals surface area contributed by atoms with Crippen molar-refractivity contribution in [1.82, 2.24) is 0 Å². The summed E-state index contributed by atoms with van der Waals surface area (Å²) in [5.41, 5.74) is 0.937. The van der Waals surface area contributed by atoms with Gasteiger partial charge in [0.05, 0.1) is 0 Å². The predicted molar refractivity (Wildman–Crippen MR) is 79.1 cm³/mol. The lowest BCUT2D eigenvalue weighted by molar-refractivity contribution is 0.0339. The molecule has 0 spiro atoms. The molecule has 0 fully saturated rings. The zero-order valence-corrected chi connectivity index (χ0v) is 12.2. The largest absolute Gasteiger partial charge is 0.509 e. The molecule has 0 heterocycles. The summed E-state index contributed by atoms with van der Waals surface area (Å²) < 4.78 is 10.2. The lowest BCUT2D eigenvalue weighted by Gasteiger charge is -2.10. The van der Waals surface area contributed by atoms with Gasteiger partial charge in [-0.3, -0.25) is 0 Å². The van der Waals surface area contributed by atoms with E-state index in [0.717, 1.165) is 24.8 Å². The smallest absolute Gasteiger partial charge is 0.429 e. The third-order valence-corrected chi connectivity index (χ3v) is 2.73. The minimum atomic E-state index is -0.662. The molecule has 0 saturated heterocycles. The Kier molecular flexibility index (Phi) is 7.98. The fourth-order valence-electron chi connectivity index (χ4n) is 1.53. The maximum atomic E-state index is 11.6. The van der Waals surface area contributed by atoms with E-state index in [0.29, 0.717) is 6.42 Å². The third kappa shape index (κ3) is 6.84. The second-order valence-corrected chi connectivity index (χ2v) is 4.46. The van der Waals surface area contributed by atoms with Crippen LogP contribution in [0.5, 0.6) is 0 Å². The molecule has 20 heavy (non-hydrogen) atoms. The Morgan fingerprint density at radius 2 is 2.00 bits per heavy atom. The van der Waals surface area contributed by atoms with Crippen molar-refractivity contribution in [2.24, 2.45) is 0 Å². The Morgan fingerprint density at radius 1 is 1.25 bits per heavy atom. The second-order valence-electron chi connectivity index (χ2n) is 4.46. The molecule has 0 radical (unpaired) electrons. The number of hydrogen-bond donors (Lipinski definition) is 0. The number of ether oxygens (including phenoxy) is 2. The molecule has 1 aromatic carbocycles. The number of carbonyl (C=O) groups is 1. The van der Waals surface area contributed by atoms with E-state index in [-0.39, 0.29) is 12.7 Å². The molecule has 0 bridgehead atoms. The van der Waals surface area contributed by atoms with Gasteiger partial charge < -0.3 is 9.47 Å². The number of unbranched alkanes of at least 4 members (excludes halogenated alkanes) is 2. The van der Waals surface area contributed by atoms with E-state index < -0.39 is 6.16 Å². The first-order chi connectivity index (χ1) is 9.76. The summed E-state index contributed by atoms with van der Waals surface area (Å²) >= 11 is 0. The lowest BCUT2D eigenvalue weighted by Crippen LogP contribution is -2.16. The predicted octanol–water partition coefficient (Wildman–Crippen LogP) is 4.31. The van der Waals surface area contributed by atoms with Gasteiger partial charge in [-0.2, -0.15) is 0 Å². The van der Waals surface area contributed by atoms with Crippen molar-refractivity contribution in [2.45, 2.75) is 52.2 Å². The molecule has 3 nitrogen and oxygen atoms in total. The van der Waals surface area contributed by atoms with Crippen LogP contribution in [0.1, 0.15) is 45.1 Å². The van der Waals surface area contributed by atoms with Gasteiger partial charge in [-0.1, -0.05) is 62.4 Å². The number of hydrogen-bond acceptors (Lipinski definition) is 3. The minimum absolute atomic E-state index is 0.222. The molecule has 1 atom stereocenters. The number of benzene rings is 1. The molecule has 1 aromatic rings. The van der Waals surface area contributed by atoms with Crippen molar-refractivity contribution in [3.63, 3.8) is 0 Å². The third-order valence-electron chi connectivity index (χ3n) is 2.73. The summed E-state index contributed by atoms with van der Waals surface area (Å²) in [7, 11) is 0. The molecule has 0 aliphatic rings. The van der Waals surface area contributed by atoms with Gasteiger partial charge in [-0.05, 0) is 18.4 Å². The first-order valence-electron chi connectivity index (χ1n) is 7.12. The molecule has 0 saturated carbocycles. The summed E-state index contributed by atoms with van der Waals surface area (Å²) in [4.78, 5) is 11.6. The average Bonchev–Trinajstić information content (AvgIpc) is 2.49. The first-order valence-corrected chi connectivity index (χ1v) is 7.12. The highest BCUT2D eigenvalue weighted by atomic mass is 16.7. The quantitative estimate of drug-likeness (QED) is 0.440. The van der Waals surface area contributed by atoms with Crippen LogP contribution in [0.2, 0.25) is 0 Å². The van der Waals surface area contributed by atoms with Gasteiger partial charge in [-0.25, -0.2) is 4.79 Å². The minimum Gasteiger partial charge on any atom is -0.429 e. The Bertz CT molecular complexity index is 442. The fourth-order valence-corrected chi connectivity index (χ4v) is 1.53. The van der Waals surface area contributed by atoms with Crippen LogP contribution < -0.4 is 0 Å². The highest BCUT2D eigenvalue weighted by Crippen LogP contribution is 2.04. The van der Waals surface area contributed by atoms with E-state index in [2.05, 4.69) is 18.8 Å². The summed E-state index contributed by atoms with van der Waals surface area (Å²) in [6.45, 7) is 4.28. The van der Waals surface area contributed by atoms with Crippen LogP contribution in [0.4, 0.5) is 4.79 Å². The number of carbonyl (C=O) groups excluding carboxylic acids is 1. The van der Waals surface area contributed by atoms with Crippen LogP contribution in [0.25, 0.3) is 0 Å². The first kappa shape index (κ1) is 16.1. The van der Waals surface area contributed by atoms with Crippen LogP contribution >= 0.6 is 0 Å². The van der Waals surface area contributed by atoms with Crippen LogP contribution in [0.3, 0.4) is 0 Å². The molecule has 0 aliphatic carbocycles. The Morgan fingerprint density at radius 3 is 2.65 bits per heavy atom. The molecule has 0 unspecified atom stereocenters. The molecule has 0 N–H and O–H groups in total. The summed E-state index contributed by atoms with van der Waals surface area (Å²) in [5.74, 6) is 5.99. The van der Waals surface area contributed by atoms with Crippen LogP contribution in [0.15, 0.2) is 30.3 Å². The normalized spacial score (nSPS) is 11.1. The van der Waals surface area contributed by atoms with Crippen molar-refractivity contribution >= 4 is 6.16 Å². The van der Waals surface area contributed by atoms with Crippen molar-refractivity contribution in [3.05, 3.63) is 35.9 Å². The van der Waals surface area contributed by atoms with E-state index in [1.54, 1.807) is 0 Å². The fraction of sp³-hybridized carbons (Fsp3) is 0.471. The van der Waals surface area contributed by atoms with E-state index in [1.165, 1.54) is 0 Å². The van der Waals surface area contributed by atoms with Crippen molar-refractivity contribution in [2.75, 3.05) is 0 Å². The highest BCUT2D eigenvalue weighted by molar-refractivity contribution is 5.60. The topological polar surface area (TPSA) is 35.5 Å². The van der Waals surface area contributed by atoms with Crippen LogP contribution in [-0.4, -0.2) is 12.3 Å². The molecular weight excluding hydrogens is 252 g/mol. The van der Waals surface area contributed by atoms with Gasteiger partial charge in [0, 0.05) is 6.42 Å². The Hall–Kier alpha value is -1.95. The van der Waals surface area contributed by atoms with Gasteiger partial charge >= 0.3 is 6.16 Å². The van der Waals surface area contributed by atoms with Gasteiger partial charge in [0.1, 0.15) is 6.61 Å². The highest BCUT2D eigenvalue weighted by Gasteiger charge is 2.11. The second kappa shape index (κ2) is 9.91. The summed E-state index contributed by atoms with van der Waals surface area (Å²) in [6.07, 6.45) is 2.66. The van der Waals surface area contributed by atoms with Gasteiger partial charge in [0.2, 0.25) is 0 Å². The van der Waals surface area contributed by atoms with Crippen LogP contribution in [0, 0.1) is 11.8 Å². The maximum absolute atomic E-state index is 11.6. The van der Waals surface area contributed by atoms with Gasteiger partial charge in [-0.15, -0.1) is 0 Å². The van der Waals surface area contributed by atoms with Gasteiger partial charge in [0.15, 0.2) is 6.10 Å². The van der Waals surface area contributed by atoms with E-state index in [9.17, 15) is 4.79 Å². The SMILES string of the molecule is CCCCC#C[C@@H](CC)OC(=O)OCc1ccccc1. The van der Waals surface area contributed by atoms with E-state index in [1.807, 2.05) is 37.3 Å². The van der Waals surface area contributed by atoms with Crippen molar-refractivity contribution in [1.29, 1.82) is 0 Å². The zero-order chi connectivity index (χ0) is 14.6. The zero-order valence-electron chi connectivity index (χ0n) is 12.2. The molecule has 108 valence electrons. The molecule has 0 amide bonds. The molecule has 3 heteroatoms. The molecule has 0 aliphatic heterocycles. The van der Waals surface area contributed by atoms with Crippen LogP contribution in [-0.2, 0) is 16.1 Å². The standard InChI is InChI=1S/C17H22O3/c1-3-5-6-10-13-16(4-2)20-17(18)19-14-15-11-8-7-9-12-15/h7-9,11-12,16H,3-6,14H2,1-2H3/t16-/m1/s1. The Labute approximate surface area is 121 Å². The van der Waals surface area contributed by atoms with Gasteiger partial charge in [0.25, 0.3) is 0 Å². The average molecular weight is 274 g/mol. The summed E-state index contributed by atoms with van der Waals surface area (Å²) in [5, 5.41) is 0. The summed E-state index contributed by atoms with van der Waals surface area (Å²) in [6, 6.07) is 9.52. The monoisotopic (exact) mass is 274 g/mol. The molecular formula is C17H22O3. The molecule has 0 aromatic heterocycles. The molecule has 1 rings (SSSR count). The lowest BCUT2D eigenvalue weighted by atomic mass is 10.2. The van der Waals surface area contributed by atoms with E-state index in [4.69, 9.17) is 9.47 Å². The maximum Gasteiger partial charge on any atom is 0.509 e. The van der Waals surface area contributed by atoms with Crippen molar-refractivity contribution in [3.8, 4) is 11.8 Å². The van der Waals surface area contributed by atoms with Crippen molar-refractivity contribution < 1.29 is 14.3 Å². The Balaban J connectivity index is 2.33. The number of rotatable bonds is 6.